The van der Waals surface area contributed by atoms with Crippen molar-refractivity contribution in [2.24, 2.45) is 0 Å². The van der Waals surface area contributed by atoms with Gasteiger partial charge in [0.15, 0.2) is 5.16 Å². The van der Waals surface area contributed by atoms with Gasteiger partial charge in [-0.25, -0.2) is 4.98 Å². The number of carbonyl (C=O) groups excluding carboxylic acids is 2. The normalized spacial score (nSPS) is 10.6. The van der Waals surface area contributed by atoms with E-state index in [0.717, 1.165) is 11.8 Å². The number of para-hydroxylation sites is 1. The first-order chi connectivity index (χ1) is 13.0. The summed E-state index contributed by atoms with van der Waals surface area (Å²) in [6.07, 6.45) is 0. The smallest absolute Gasteiger partial charge is 0.266 e. The molecule has 0 aliphatic heterocycles. The fourth-order valence-corrected chi connectivity index (χ4v) is 3.29. The van der Waals surface area contributed by atoms with Crippen LogP contribution in [0.15, 0.2) is 58.5 Å². The molecular formula is C18H15ClN4O3S. The quantitative estimate of drug-likeness (QED) is 0.397. The van der Waals surface area contributed by atoms with Crippen molar-refractivity contribution in [2.75, 3.05) is 5.75 Å². The summed E-state index contributed by atoms with van der Waals surface area (Å²) in [5.41, 5.74) is 5.39. The molecule has 27 heavy (non-hydrogen) atoms. The monoisotopic (exact) mass is 402 g/mol. The first-order valence-electron chi connectivity index (χ1n) is 7.91. The Bertz CT molecular complexity index is 1070. The number of halogens is 1. The molecule has 2 N–H and O–H groups in total. The zero-order chi connectivity index (χ0) is 19.4. The van der Waals surface area contributed by atoms with Crippen molar-refractivity contribution < 1.29 is 9.59 Å². The third kappa shape index (κ3) is 4.47. The summed E-state index contributed by atoms with van der Waals surface area (Å²) < 4.78 is 1.44. The van der Waals surface area contributed by atoms with Crippen molar-refractivity contribution >= 4 is 46.1 Å². The highest BCUT2D eigenvalue weighted by Crippen LogP contribution is 2.22. The average Bonchev–Trinajstić information content (AvgIpc) is 2.66. The number of aromatic nitrogens is 2. The third-order valence-electron chi connectivity index (χ3n) is 3.54. The Morgan fingerprint density at radius 3 is 2.52 bits per heavy atom. The number of amides is 2. The molecule has 0 atom stereocenters. The second kappa shape index (κ2) is 8.24. The van der Waals surface area contributed by atoms with Gasteiger partial charge in [0.1, 0.15) is 0 Å². The number of nitrogens with zero attached hydrogens (tertiary/aromatic N) is 2. The molecule has 138 valence electrons. The molecule has 1 heterocycles. The van der Waals surface area contributed by atoms with Gasteiger partial charge in [0.25, 0.3) is 5.56 Å². The maximum atomic E-state index is 13.0. The van der Waals surface area contributed by atoms with E-state index < -0.39 is 5.91 Å². The third-order valence-corrected chi connectivity index (χ3v) is 4.73. The van der Waals surface area contributed by atoms with Crippen LogP contribution in [0.2, 0.25) is 5.02 Å². The van der Waals surface area contributed by atoms with Gasteiger partial charge in [0.05, 0.1) is 22.3 Å². The number of hydrogen-bond acceptors (Lipinski definition) is 5. The second-order valence-corrected chi connectivity index (χ2v) is 6.93. The van der Waals surface area contributed by atoms with Crippen molar-refractivity contribution in [1.82, 2.24) is 20.4 Å². The molecule has 0 spiro atoms. The van der Waals surface area contributed by atoms with Crippen LogP contribution in [0.5, 0.6) is 0 Å². The molecule has 9 heteroatoms. The first-order valence-corrected chi connectivity index (χ1v) is 9.28. The van der Waals surface area contributed by atoms with Gasteiger partial charge in [0.2, 0.25) is 11.8 Å². The number of carbonyl (C=O) groups is 2. The van der Waals surface area contributed by atoms with E-state index >= 15 is 0 Å². The van der Waals surface area contributed by atoms with Crippen LogP contribution in [0.3, 0.4) is 0 Å². The lowest BCUT2D eigenvalue weighted by Gasteiger charge is -2.13. The Hall–Kier alpha value is -2.84. The Morgan fingerprint density at radius 1 is 1.11 bits per heavy atom. The van der Waals surface area contributed by atoms with Crippen molar-refractivity contribution in [1.29, 1.82) is 0 Å². The van der Waals surface area contributed by atoms with E-state index in [-0.39, 0.29) is 17.2 Å². The minimum absolute atomic E-state index is 0.0291. The molecule has 2 aromatic carbocycles. The van der Waals surface area contributed by atoms with E-state index in [1.54, 1.807) is 48.5 Å². The van der Waals surface area contributed by atoms with Gasteiger partial charge in [-0.05, 0) is 36.4 Å². The van der Waals surface area contributed by atoms with Gasteiger partial charge in [0, 0.05) is 11.9 Å². The molecule has 0 saturated heterocycles. The van der Waals surface area contributed by atoms with Gasteiger partial charge in [-0.15, -0.1) is 0 Å². The van der Waals surface area contributed by atoms with Crippen molar-refractivity contribution in [3.05, 3.63) is 63.9 Å². The summed E-state index contributed by atoms with van der Waals surface area (Å²) in [6, 6.07) is 13.8. The number of thioether (sulfide) groups is 1. The average molecular weight is 403 g/mol. The SMILES string of the molecule is CC(=O)NNC(=O)CSc1nc2ccccc2c(=O)n1-c1ccc(Cl)cc1. The molecule has 2 amide bonds. The Balaban J connectivity index is 2.00. The van der Waals surface area contributed by atoms with Gasteiger partial charge in [-0.1, -0.05) is 35.5 Å². The van der Waals surface area contributed by atoms with Crippen LogP contribution in [-0.2, 0) is 9.59 Å². The van der Waals surface area contributed by atoms with Crippen LogP contribution in [0.4, 0.5) is 0 Å². The Labute approximate surface area is 163 Å². The number of nitrogens with one attached hydrogen (secondary N) is 2. The van der Waals surface area contributed by atoms with E-state index in [9.17, 15) is 14.4 Å². The number of benzene rings is 2. The molecule has 3 aromatic rings. The standard InChI is InChI=1S/C18H15ClN4O3S/c1-11(24)21-22-16(25)10-27-18-20-15-5-3-2-4-14(15)17(26)23(18)13-8-6-12(19)7-9-13/h2-9H,10H2,1H3,(H,21,24)(H,22,25). The van der Waals surface area contributed by atoms with Crippen molar-refractivity contribution in [2.45, 2.75) is 12.1 Å². The topological polar surface area (TPSA) is 93.1 Å². The molecule has 0 bridgehead atoms. The zero-order valence-electron chi connectivity index (χ0n) is 14.2. The van der Waals surface area contributed by atoms with Crippen LogP contribution >= 0.6 is 23.4 Å². The van der Waals surface area contributed by atoms with Gasteiger partial charge in [-0.3, -0.25) is 29.8 Å². The maximum absolute atomic E-state index is 13.0. The lowest BCUT2D eigenvalue weighted by atomic mass is 10.2. The predicted octanol–water partition coefficient (Wildman–Crippen LogP) is 2.30. The molecule has 7 nitrogen and oxygen atoms in total. The van der Waals surface area contributed by atoms with E-state index in [4.69, 9.17) is 11.6 Å². The Kier molecular flexibility index (Phi) is 5.78. The highest BCUT2D eigenvalue weighted by molar-refractivity contribution is 7.99. The summed E-state index contributed by atoms with van der Waals surface area (Å²) in [4.78, 5) is 40.3. The summed E-state index contributed by atoms with van der Waals surface area (Å²) in [6.45, 7) is 1.29. The summed E-state index contributed by atoms with van der Waals surface area (Å²) in [7, 11) is 0. The molecule has 3 rings (SSSR count). The second-order valence-electron chi connectivity index (χ2n) is 5.55. The fourth-order valence-electron chi connectivity index (χ4n) is 2.35. The maximum Gasteiger partial charge on any atom is 0.266 e. The molecule has 0 saturated carbocycles. The lowest BCUT2D eigenvalue weighted by Crippen LogP contribution is -2.41. The fraction of sp³-hybridized carbons (Fsp3) is 0.111. The van der Waals surface area contributed by atoms with E-state index in [0.29, 0.717) is 26.8 Å². The lowest BCUT2D eigenvalue weighted by molar-refractivity contribution is -0.126. The molecule has 0 aliphatic rings. The van der Waals surface area contributed by atoms with Crippen LogP contribution in [-0.4, -0.2) is 27.1 Å². The Morgan fingerprint density at radius 2 is 1.81 bits per heavy atom. The van der Waals surface area contributed by atoms with Gasteiger partial charge >= 0.3 is 0 Å². The summed E-state index contributed by atoms with van der Waals surface area (Å²) in [5.74, 6) is -0.825. The highest BCUT2D eigenvalue weighted by atomic mass is 35.5. The van der Waals surface area contributed by atoms with E-state index in [1.807, 2.05) is 0 Å². The number of hydrogen-bond donors (Lipinski definition) is 2. The van der Waals surface area contributed by atoms with Crippen molar-refractivity contribution in [3.8, 4) is 5.69 Å². The number of rotatable bonds is 4. The zero-order valence-corrected chi connectivity index (χ0v) is 15.8. The van der Waals surface area contributed by atoms with Gasteiger partial charge < -0.3 is 0 Å². The molecule has 0 radical (unpaired) electrons. The van der Waals surface area contributed by atoms with E-state index in [2.05, 4.69) is 15.8 Å². The molecule has 0 aliphatic carbocycles. The number of hydrazine groups is 1. The van der Waals surface area contributed by atoms with Crippen molar-refractivity contribution in [3.63, 3.8) is 0 Å². The van der Waals surface area contributed by atoms with E-state index in [1.165, 1.54) is 11.5 Å². The highest BCUT2D eigenvalue weighted by Gasteiger charge is 2.14. The summed E-state index contributed by atoms with van der Waals surface area (Å²) >= 11 is 7.03. The minimum atomic E-state index is -0.416. The van der Waals surface area contributed by atoms with Crippen LogP contribution in [0, 0.1) is 0 Å². The van der Waals surface area contributed by atoms with Crippen LogP contribution in [0.25, 0.3) is 16.6 Å². The largest absolute Gasteiger partial charge is 0.274 e. The van der Waals surface area contributed by atoms with Crippen LogP contribution < -0.4 is 16.4 Å². The predicted molar refractivity (Wildman–Crippen MR) is 105 cm³/mol. The molecular weight excluding hydrogens is 388 g/mol. The number of fused-ring (bicyclic) bond motifs is 1. The first kappa shape index (κ1) is 18.9. The van der Waals surface area contributed by atoms with Crippen LogP contribution in [0.1, 0.15) is 6.92 Å². The molecule has 0 fully saturated rings. The molecule has 0 unspecified atom stereocenters. The minimum Gasteiger partial charge on any atom is -0.274 e. The van der Waals surface area contributed by atoms with Gasteiger partial charge in [-0.2, -0.15) is 0 Å². The molecule has 1 aromatic heterocycles. The summed E-state index contributed by atoms with van der Waals surface area (Å²) in [5, 5.41) is 1.38.